The fraction of sp³-hybridized carbons (Fsp3) is 0.375. The molecular weight excluding hydrogens is 264 g/mol. The zero-order valence-electron chi connectivity index (χ0n) is 11.9. The fourth-order valence-corrected chi connectivity index (χ4v) is 3.30. The van der Waals surface area contributed by atoms with Crippen molar-refractivity contribution in [3.05, 3.63) is 40.9 Å². The van der Waals surface area contributed by atoms with E-state index in [1.54, 1.807) is 15.8 Å². The summed E-state index contributed by atoms with van der Waals surface area (Å²) >= 11 is 0. The summed E-state index contributed by atoms with van der Waals surface area (Å²) in [6.07, 6.45) is 4.31. The Morgan fingerprint density at radius 2 is 2.05 bits per heavy atom. The van der Waals surface area contributed by atoms with Crippen LogP contribution in [0.1, 0.15) is 12.8 Å². The molecule has 0 atom stereocenters. The van der Waals surface area contributed by atoms with E-state index in [4.69, 9.17) is 0 Å². The Hall–Kier alpha value is -2.14. The van der Waals surface area contributed by atoms with Gasteiger partial charge in [0.15, 0.2) is 0 Å². The number of rotatable bonds is 3. The molecule has 2 aromatic heterocycles. The van der Waals surface area contributed by atoms with Crippen molar-refractivity contribution in [1.29, 1.82) is 0 Å². The zero-order chi connectivity index (χ0) is 14.2. The van der Waals surface area contributed by atoms with E-state index < -0.39 is 0 Å². The number of fused-ring (bicyclic) bond motifs is 3. The summed E-state index contributed by atoms with van der Waals surface area (Å²) in [6, 6.07) is 7.92. The summed E-state index contributed by atoms with van der Waals surface area (Å²) in [4.78, 5) is 21.9. The Balaban J connectivity index is 1.72. The molecule has 0 unspecified atom stereocenters. The van der Waals surface area contributed by atoms with Gasteiger partial charge in [-0.15, -0.1) is 0 Å². The van der Waals surface area contributed by atoms with Crippen molar-refractivity contribution >= 4 is 21.9 Å². The number of benzene rings is 1. The third kappa shape index (κ3) is 2.14. The molecule has 4 rings (SSSR count). The second-order valence-electron chi connectivity index (χ2n) is 5.84. The number of nitrogens with one attached hydrogen (secondary N) is 2. The lowest BCUT2D eigenvalue weighted by atomic mass is 10.2. The number of likely N-dealkylation sites (tertiary alicyclic amines) is 1. The summed E-state index contributed by atoms with van der Waals surface area (Å²) in [5.41, 5.74) is 2.41. The standard InChI is InChI=1S/C16H18N4O/c21-16-15-14(12-5-1-2-6-13(12)18-15)17-11-20(16)10-9-19-7-3-4-8-19/h1-2,5-6,11,18H,3-4,7-10H2/p+1. The van der Waals surface area contributed by atoms with Crippen LogP contribution in [0, 0.1) is 0 Å². The van der Waals surface area contributed by atoms with Gasteiger partial charge in [0.25, 0.3) is 5.56 Å². The molecule has 1 saturated heterocycles. The lowest BCUT2D eigenvalue weighted by Crippen LogP contribution is -3.10. The molecule has 0 aliphatic carbocycles. The third-order valence-electron chi connectivity index (χ3n) is 4.50. The van der Waals surface area contributed by atoms with Crippen LogP contribution in [0.2, 0.25) is 0 Å². The molecule has 5 nitrogen and oxygen atoms in total. The molecular formula is C16H19N4O+. The van der Waals surface area contributed by atoms with Crippen LogP contribution in [0.25, 0.3) is 21.9 Å². The van der Waals surface area contributed by atoms with Crippen LogP contribution >= 0.6 is 0 Å². The van der Waals surface area contributed by atoms with Crippen molar-refractivity contribution in [3.63, 3.8) is 0 Å². The molecule has 2 N–H and O–H groups in total. The molecule has 1 aliphatic rings. The van der Waals surface area contributed by atoms with Crippen LogP contribution in [0.5, 0.6) is 0 Å². The van der Waals surface area contributed by atoms with Gasteiger partial charge in [0.2, 0.25) is 0 Å². The topological polar surface area (TPSA) is 55.1 Å². The number of aromatic nitrogens is 3. The molecule has 108 valence electrons. The maximum absolute atomic E-state index is 12.6. The van der Waals surface area contributed by atoms with Crippen LogP contribution < -0.4 is 10.5 Å². The minimum Gasteiger partial charge on any atom is -0.349 e. The van der Waals surface area contributed by atoms with Gasteiger partial charge in [0.1, 0.15) is 11.0 Å². The molecule has 1 fully saturated rings. The molecule has 0 spiro atoms. The number of para-hydroxylation sites is 1. The smallest absolute Gasteiger partial charge is 0.277 e. The van der Waals surface area contributed by atoms with Crippen molar-refractivity contribution in [3.8, 4) is 0 Å². The number of H-pyrrole nitrogens is 1. The number of aromatic amines is 1. The number of hydrogen-bond donors (Lipinski definition) is 2. The third-order valence-corrected chi connectivity index (χ3v) is 4.50. The Morgan fingerprint density at radius 1 is 1.24 bits per heavy atom. The molecule has 0 bridgehead atoms. The Kier molecular flexibility index (Phi) is 3.00. The molecule has 0 amide bonds. The highest BCUT2D eigenvalue weighted by Crippen LogP contribution is 2.20. The molecule has 3 heterocycles. The second kappa shape index (κ2) is 5.00. The van der Waals surface area contributed by atoms with Gasteiger partial charge in [0, 0.05) is 23.7 Å². The van der Waals surface area contributed by atoms with E-state index in [0.717, 1.165) is 29.5 Å². The highest BCUT2D eigenvalue weighted by atomic mass is 16.1. The van der Waals surface area contributed by atoms with E-state index in [1.807, 2.05) is 24.3 Å². The number of nitrogens with zero attached hydrogens (tertiary/aromatic N) is 2. The molecule has 21 heavy (non-hydrogen) atoms. The molecule has 0 saturated carbocycles. The maximum Gasteiger partial charge on any atom is 0.277 e. The van der Waals surface area contributed by atoms with Gasteiger partial charge in [-0.3, -0.25) is 9.36 Å². The van der Waals surface area contributed by atoms with E-state index in [-0.39, 0.29) is 5.56 Å². The average molecular weight is 283 g/mol. The minimum absolute atomic E-state index is 0.0368. The summed E-state index contributed by atoms with van der Waals surface area (Å²) < 4.78 is 1.74. The Bertz CT molecular complexity index is 842. The van der Waals surface area contributed by atoms with Crippen molar-refractivity contribution in [2.75, 3.05) is 19.6 Å². The van der Waals surface area contributed by atoms with Gasteiger partial charge in [-0.1, -0.05) is 18.2 Å². The maximum atomic E-state index is 12.6. The van der Waals surface area contributed by atoms with Crippen molar-refractivity contribution in [1.82, 2.24) is 14.5 Å². The normalized spacial score (nSPS) is 16.2. The van der Waals surface area contributed by atoms with E-state index in [1.165, 1.54) is 25.9 Å². The Labute approximate surface area is 122 Å². The SMILES string of the molecule is O=c1c2[nH]c3ccccc3c2ncn1CC[NH+]1CCCC1. The van der Waals surface area contributed by atoms with Crippen LogP contribution in [0.4, 0.5) is 0 Å². The monoisotopic (exact) mass is 283 g/mol. The first kappa shape index (κ1) is 12.6. The molecule has 5 heteroatoms. The van der Waals surface area contributed by atoms with Gasteiger partial charge < -0.3 is 9.88 Å². The van der Waals surface area contributed by atoms with Gasteiger partial charge in [-0.2, -0.15) is 0 Å². The number of hydrogen-bond acceptors (Lipinski definition) is 2. The van der Waals surface area contributed by atoms with Crippen LogP contribution in [0.15, 0.2) is 35.4 Å². The summed E-state index contributed by atoms with van der Waals surface area (Å²) in [5.74, 6) is 0. The Morgan fingerprint density at radius 3 is 2.90 bits per heavy atom. The van der Waals surface area contributed by atoms with E-state index in [2.05, 4.69) is 9.97 Å². The first-order chi connectivity index (χ1) is 10.3. The molecule has 3 aromatic rings. The van der Waals surface area contributed by atoms with Crippen molar-refractivity contribution < 1.29 is 4.90 Å². The molecule has 0 radical (unpaired) electrons. The average Bonchev–Trinajstić information content (AvgIpc) is 3.14. The second-order valence-corrected chi connectivity index (χ2v) is 5.84. The van der Waals surface area contributed by atoms with E-state index in [0.29, 0.717) is 5.52 Å². The number of quaternary nitrogens is 1. The molecule has 1 aliphatic heterocycles. The largest absolute Gasteiger partial charge is 0.349 e. The highest BCUT2D eigenvalue weighted by molar-refractivity contribution is 6.04. The van der Waals surface area contributed by atoms with Crippen LogP contribution in [0.3, 0.4) is 0 Å². The zero-order valence-corrected chi connectivity index (χ0v) is 11.9. The van der Waals surface area contributed by atoms with E-state index >= 15 is 0 Å². The summed E-state index contributed by atoms with van der Waals surface area (Å²) in [5, 5.41) is 1.02. The predicted octanol–water partition coefficient (Wildman–Crippen LogP) is 0.556. The van der Waals surface area contributed by atoms with Gasteiger partial charge in [-0.05, 0) is 6.07 Å². The van der Waals surface area contributed by atoms with E-state index in [9.17, 15) is 4.79 Å². The summed E-state index contributed by atoms with van der Waals surface area (Å²) in [6.45, 7) is 4.22. The quantitative estimate of drug-likeness (QED) is 0.738. The minimum atomic E-state index is 0.0368. The first-order valence-electron chi connectivity index (χ1n) is 7.62. The van der Waals surface area contributed by atoms with Gasteiger partial charge >= 0.3 is 0 Å². The highest BCUT2D eigenvalue weighted by Gasteiger charge is 2.16. The van der Waals surface area contributed by atoms with Crippen LogP contribution in [-0.2, 0) is 6.54 Å². The lowest BCUT2D eigenvalue weighted by Gasteiger charge is -2.12. The lowest BCUT2D eigenvalue weighted by molar-refractivity contribution is -0.888. The fourth-order valence-electron chi connectivity index (χ4n) is 3.30. The van der Waals surface area contributed by atoms with Gasteiger partial charge in [-0.25, -0.2) is 4.98 Å². The molecule has 1 aromatic carbocycles. The first-order valence-corrected chi connectivity index (χ1v) is 7.62. The van der Waals surface area contributed by atoms with Crippen LogP contribution in [-0.4, -0.2) is 34.2 Å². The predicted molar refractivity (Wildman–Crippen MR) is 82.7 cm³/mol. The van der Waals surface area contributed by atoms with Crippen molar-refractivity contribution in [2.45, 2.75) is 19.4 Å². The van der Waals surface area contributed by atoms with Crippen molar-refractivity contribution in [2.24, 2.45) is 0 Å². The summed E-state index contributed by atoms with van der Waals surface area (Å²) in [7, 11) is 0. The van der Waals surface area contributed by atoms with Gasteiger partial charge in [0.05, 0.1) is 32.5 Å².